The number of hydrogen-bond acceptors (Lipinski definition) is 2. The fourth-order valence-corrected chi connectivity index (χ4v) is 2.72. The van der Waals surface area contributed by atoms with Crippen LogP contribution in [0.4, 0.5) is 0 Å². The van der Waals surface area contributed by atoms with Crippen LogP contribution in [0.1, 0.15) is 45.4 Å². The number of amides is 1. The van der Waals surface area contributed by atoms with E-state index in [1.165, 1.54) is 19.3 Å². The molecule has 0 aromatic carbocycles. The summed E-state index contributed by atoms with van der Waals surface area (Å²) in [4.78, 5) is 11.9. The van der Waals surface area contributed by atoms with Crippen molar-refractivity contribution in [2.45, 2.75) is 57.5 Å². The molecule has 2 saturated carbocycles. The number of carbonyl (C=O) groups excluding carboxylic acids is 1. The van der Waals surface area contributed by atoms with Gasteiger partial charge in [-0.3, -0.25) is 4.79 Å². The maximum Gasteiger partial charge on any atom is 0.224 e. The van der Waals surface area contributed by atoms with Gasteiger partial charge in [0.15, 0.2) is 0 Å². The molecule has 0 spiro atoms. The molecule has 15 heavy (non-hydrogen) atoms. The molecule has 86 valence electrons. The Bertz CT molecular complexity index is 242. The van der Waals surface area contributed by atoms with Gasteiger partial charge in [0.05, 0.1) is 5.92 Å². The highest BCUT2D eigenvalue weighted by Crippen LogP contribution is 2.35. The first-order valence-electron chi connectivity index (χ1n) is 6.28. The van der Waals surface area contributed by atoms with Gasteiger partial charge in [-0.1, -0.05) is 19.8 Å². The Kier molecular flexibility index (Phi) is 3.29. The minimum atomic E-state index is 0.0906. The second-order valence-electron chi connectivity index (χ2n) is 5.10. The number of rotatable bonds is 4. The van der Waals surface area contributed by atoms with Crippen molar-refractivity contribution in [2.75, 3.05) is 0 Å². The Balaban J connectivity index is 1.74. The predicted octanol–water partition coefficient (Wildman–Crippen LogP) is 1.42. The topological polar surface area (TPSA) is 55.1 Å². The summed E-state index contributed by atoms with van der Waals surface area (Å²) in [5.41, 5.74) is 5.91. The van der Waals surface area contributed by atoms with Gasteiger partial charge in [0.1, 0.15) is 0 Å². The minimum Gasteiger partial charge on any atom is -0.353 e. The second kappa shape index (κ2) is 4.52. The monoisotopic (exact) mass is 210 g/mol. The molecule has 0 bridgehead atoms. The van der Waals surface area contributed by atoms with Gasteiger partial charge < -0.3 is 11.1 Å². The molecule has 2 rings (SSSR count). The van der Waals surface area contributed by atoms with Crippen LogP contribution < -0.4 is 11.1 Å². The van der Waals surface area contributed by atoms with Crippen molar-refractivity contribution in [3.8, 4) is 0 Å². The van der Waals surface area contributed by atoms with E-state index in [-0.39, 0.29) is 17.9 Å². The van der Waals surface area contributed by atoms with Crippen molar-refractivity contribution in [3.05, 3.63) is 0 Å². The second-order valence-corrected chi connectivity index (χ2v) is 5.10. The summed E-state index contributed by atoms with van der Waals surface area (Å²) < 4.78 is 0. The maximum absolute atomic E-state index is 11.9. The third-order valence-corrected chi connectivity index (χ3v) is 3.82. The van der Waals surface area contributed by atoms with Gasteiger partial charge in [-0.15, -0.1) is 0 Å². The average molecular weight is 210 g/mol. The van der Waals surface area contributed by atoms with E-state index in [0.717, 1.165) is 25.2 Å². The van der Waals surface area contributed by atoms with Gasteiger partial charge in [-0.25, -0.2) is 0 Å². The zero-order chi connectivity index (χ0) is 10.8. The first-order chi connectivity index (χ1) is 7.22. The molecule has 2 aliphatic carbocycles. The summed E-state index contributed by atoms with van der Waals surface area (Å²) in [5.74, 6) is 1.05. The molecule has 0 saturated heterocycles. The van der Waals surface area contributed by atoms with Crippen LogP contribution >= 0.6 is 0 Å². The summed E-state index contributed by atoms with van der Waals surface area (Å²) >= 11 is 0. The van der Waals surface area contributed by atoms with E-state index < -0.39 is 0 Å². The Morgan fingerprint density at radius 1 is 1.47 bits per heavy atom. The molecule has 0 radical (unpaired) electrons. The zero-order valence-electron chi connectivity index (χ0n) is 9.54. The maximum atomic E-state index is 11.9. The van der Waals surface area contributed by atoms with Crippen LogP contribution in [0.25, 0.3) is 0 Å². The largest absolute Gasteiger partial charge is 0.353 e. The summed E-state index contributed by atoms with van der Waals surface area (Å²) in [7, 11) is 0. The molecule has 0 aromatic heterocycles. The quantitative estimate of drug-likeness (QED) is 0.737. The van der Waals surface area contributed by atoms with Crippen molar-refractivity contribution in [1.29, 1.82) is 0 Å². The van der Waals surface area contributed by atoms with Gasteiger partial charge in [0.2, 0.25) is 5.91 Å². The molecule has 4 unspecified atom stereocenters. The Morgan fingerprint density at radius 3 is 2.87 bits per heavy atom. The van der Waals surface area contributed by atoms with E-state index in [9.17, 15) is 4.79 Å². The molecule has 0 heterocycles. The van der Waals surface area contributed by atoms with Gasteiger partial charge in [-0.2, -0.15) is 0 Å². The molecule has 3 N–H and O–H groups in total. The van der Waals surface area contributed by atoms with Crippen molar-refractivity contribution in [2.24, 2.45) is 17.6 Å². The van der Waals surface area contributed by atoms with E-state index in [1.54, 1.807) is 0 Å². The molecule has 2 fully saturated rings. The van der Waals surface area contributed by atoms with Crippen molar-refractivity contribution in [3.63, 3.8) is 0 Å². The number of carbonyl (C=O) groups is 1. The van der Waals surface area contributed by atoms with Crippen molar-refractivity contribution < 1.29 is 4.79 Å². The number of nitrogens with one attached hydrogen (secondary N) is 1. The third-order valence-electron chi connectivity index (χ3n) is 3.82. The smallest absolute Gasteiger partial charge is 0.224 e. The summed E-state index contributed by atoms with van der Waals surface area (Å²) in [5, 5.41) is 3.14. The van der Waals surface area contributed by atoms with Crippen LogP contribution in [-0.4, -0.2) is 18.0 Å². The summed E-state index contributed by atoms with van der Waals surface area (Å²) in [6, 6.07) is 0.568. The molecule has 1 amide bonds. The SMILES string of the molecule is CCCC1CC1NC(=O)C1CCCC1N. The van der Waals surface area contributed by atoms with Crippen LogP contribution in [0.2, 0.25) is 0 Å². The highest BCUT2D eigenvalue weighted by Gasteiger charge is 2.39. The standard InChI is InChI=1S/C12H22N2O/c1-2-4-8-7-11(8)14-12(15)9-5-3-6-10(9)13/h8-11H,2-7,13H2,1H3,(H,14,15). The molecular formula is C12H22N2O. The highest BCUT2D eigenvalue weighted by atomic mass is 16.2. The Hall–Kier alpha value is -0.570. The van der Waals surface area contributed by atoms with E-state index >= 15 is 0 Å². The molecule has 4 atom stereocenters. The van der Waals surface area contributed by atoms with Gasteiger partial charge in [0.25, 0.3) is 0 Å². The van der Waals surface area contributed by atoms with Gasteiger partial charge in [-0.05, 0) is 31.6 Å². The predicted molar refractivity (Wildman–Crippen MR) is 60.3 cm³/mol. The fourth-order valence-electron chi connectivity index (χ4n) is 2.72. The fraction of sp³-hybridized carbons (Fsp3) is 0.917. The lowest BCUT2D eigenvalue weighted by molar-refractivity contribution is -0.125. The average Bonchev–Trinajstić information content (AvgIpc) is 2.76. The normalized spacial score (nSPS) is 39.1. The Morgan fingerprint density at radius 2 is 2.27 bits per heavy atom. The molecular weight excluding hydrogens is 188 g/mol. The number of hydrogen-bond donors (Lipinski definition) is 2. The van der Waals surface area contributed by atoms with Gasteiger partial charge in [0, 0.05) is 12.1 Å². The van der Waals surface area contributed by atoms with Gasteiger partial charge >= 0.3 is 0 Å². The number of nitrogens with two attached hydrogens (primary N) is 1. The molecule has 3 heteroatoms. The zero-order valence-corrected chi connectivity index (χ0v) is 9.54. The van der Waals surface area contributed by atoms with Crippen LogP contribution in [0.15, 0.2) is 0 Å². The Labute approximate surface area is 91.8 Å². The minimum absolute atomic E-state index is 0.0906. The van der Waals surface area contributed by atoms with E-state index in [1.807, 2.05) is 0 Å². The molecule has 0 aromatic rings. The van der Waals surface area contributed by atoms with Crippen LogP contribution in [0.3, 0.4) is 0 Å². The molecule has 0 aliphatic heterocycles. The molecule has 2 aliphatic rings. The van der Waals surface area contributed by atoms with Crippen LogP contribution in [0, 0.1) is 11.8 Å². The lowest BCUT2D eigenvalue weighted by atomic mass is 10.0. The first-order valence-corrected chi connectivity index (χ1v) is 6.28. The van der Waals surface area contributed by atoms with E-state index in [0.29, 0.717) is 6.04 Å². The highest BCUT2D eigenvalue weighted by molar-refractivity contribution is 5.80. The lowest BCUT2D eigenvalue weighted by Gasteiger charge is -2.15. The summed E-state index contributed by atoms with van der Waals surface area (Å²) in [6.07, 6.45) is 6.77. The third kappa shape index (κ3) is 2.51. The molecule has 3 nitrogen and oxygen atoms in total. The van der Waals surface area contributed by atoms with Crippen molar-refractivity contribution in [1.82, 2.24) is 5.32 Å². The lowest BCUT2D eigenvalue weighted by Crippen LogP contribution is -2.39. The van der Waals surface area contributed by atoms with Crippen LogP contribution in [-0.2, 0) is 4.79 Å². The van der Waals surface area contributed by atoms with E-state index in [2.05, 4.69) is 12.2 Å². The van der Waals surface area contributed by atoms with Crippen molar-refractivity contribution >= 4 is 5.91 Å². The summed E-state index contributed by atoms with van der Waals surface area (Å²) in [6.45, 7) is 2.20. The first kappa shape index (κ1) is 10.9. The van der Waals surface area contributed by atoms with Crippen LogP contribution in [0.5, 0.6) is 0 Å². The van der Waals surface area contributed by atoms with E-state index in [4.69, 9.17) is 5.73 Å².